The maximum atomic E-state index is 11.9. The lowest BCUT2D eigenvalue weighted by atomic mass is 10.1. The second kappa shape index (κ2) is 6.94. The number of hydrogen-bond donors (Lipinski definition) is 1. The first-order chi connectivity index (χ1) is 8.17. The van der Waals surface area contributed by atoms with Gasteiger partial charge in [0, 0.05) is 25.2 Å². The lowest BCUT2D eigenvalue weighted by Crippen LogP contribution is -2.31. The summed E-state index contributed by atoms with van der Waals surface area (Å²) < 4.78 is 0. The Morgan fingerprint density at radius 3 is 2.41 bits per heavy atom. The summed E-state index contributed by atoms with van der Waals surface area (Å²) in [4.78, 5) is 13.8. The molecule has 1 aromatic rings. The summed E-state index contributed by atoms with van der Waals surface area (Å²) in [6, 6.07) is 7.73. The summed E-state index contributed by atoms with van der Waals surface area (Å²) in [5.41, 5.74) is 7.55. The van der Waals surface area contributed by atoms with Crippen LogP contribution in [0.5, 0.6) is 0 Å². The topological polar surface area (TPSA) is 46.3 Å². The molecule has 3 nitrogen and oxygen atoms in total. The molecule has 0 aliphatic carbocycles. The molecule has 0 aromatic heterocycles. The summed E-state index contributed by atoms with van der Waals surface area (Å²) in [6.45, 7) is 5.78. The van der Waals surface area contributed by atoms with Gasteiger partial charge in [-0.25, -0.2) is 0 Å². The van der Waals surface area contributed by atoms with Gasteiger partial charge in [0.25, 0.3) is 0 Å². The first kappa shape index (κ1) is 13.6. The van der Waals surface area contributed by atoms with Crippen LogP contribution in [0.15, 0.2) is 24.3 Å². The Morgan fingerprint density at radius 2 is 1.88 bits per heavy atom. The molecule has 0 heterocycles. The van der Waals surface area contributed by atoms with Crippen LogP contribution in [0.25, 0.3) is 0 Å². The zero-order valence-electron chi connectivity index (χ0n) is 10.8. The fraction of sp³-hybridized carbons (Fsp3) is 0.500. The molecule has 0 atom stereocenters. The zero-order valence-corrected chi connectivity index (χ0v) is 10.8. The van der Waals surface area contributed by atoms with Crippen LogP contribution in [0, 0.1) is 0 Å². The van der Waals surface area contributed by atoms with Crippen LogP contribution in [0.2, 0.25) is 0 Å². The molecule has 0 unspecified atom stereocenters. The van der Waals surface area contributed by atoms with Crippen molar-refractivity contribution in [2.75, 3.05) is 18.8 Å². The van der Waals surface area contributed by atoms with Gasteiger partial charge in [-0.1, -0.05) is 19.1 Å². The summed E-state index contributed by atoms with van der Waals surface area (Å²) in [6.07, 6.45) is 2.39. The van der Waals surface area contributed by atoms with E-state index in [2.05, 4.69) is 6.92 Å². The largest absolute Gasteiger partial charge is 0.399 e. The highest BCUT2D eigenvalue weighted by molar-refractivity contribution is 5.76. The molecule has 0 fully saturated rings. The van der Waals surface area contributed by atoms with Crippen LogP contribution in [0.1, 0.15) is 32.3 Å². The molecule has 17 heavy (non-hydrogen) atoms. The molecule has 0 aliphatic heterocycles. The lowest BCUT2D eigenvalue weighted by Gasteiger charge is -2.19. The van der Waals surface area contributed by atoms with Crippen molar-refractivity contribution in [2.24, 2.45) is 0 Å². The van der Waals surface area contributed by atoms with E-state index in [1.54, 1.807) is 0 Å². The van der Waals surface area contributed by atoms with Gasteiger partial charge >= 0.3 is 0 Å². The molecule has 0 saturated heterocycles. The number of rotatable bonds is 6. The van der Waals surface area contributed by atoms with Crippen LogP contribution < -0.4 is 5.73 Å². The minimum absolute atomic E-state index is 0.242. The first-order valence-electron chi connectivity index (χ1n) is 6.29. The minimum Gasteiger partial charge on any atom is -0.399 e. The first-order valence-corrected chi connectivity index (χ1v) is 6.29. The van der Waals surface area contributed by atoms with E-state index in [4.69, 9.17) is 5.73 Å². The highest BCUT2D eigenvalue weighted by Gasteiger charge is 2.09. The number of carbonyl (C=O) groups is 1. The van der Waals surface area contributed by atoms with Crippen molar-refractivity contribution in [1.29, 1.82) is 0 Å². The summed E-state index contributed by atoms with van der Waals surface area (Å²) in [7, 11) is 0. The van der Waals surface area contributed by atoms with Gasteiger partial charge in [-0.05, 0) is 37.5 Å². The average molecular weight is 234 g/mol. The minimum atomic E-state index is 0.242. The smallest absolute Gasteiger partial charge is 0.222 e. The Hall–Kier alpha value is -1.51. The number of benzene rings is 1. The van der Waals surface area contributed by atoms with E-state index in [9.17, 15) is 4.79 Å². The van der Waals surface area contributed by atoms with E-state index in [0.29, 0.717) is 6.42 Å². The molecule has 1 amide bonds. The fourth-order valence-electron chi connectivity index (χ4n) is 1.82. The predicted molar refractivity (Wildman–Crippen MR) is 71.7 cm³/mol. The molecular weight excluding hydrogens is 212 g/mol. The monoisotopic (exact) mass is 234 g/mol. The number of carbonyl (C=O) groups excluding carboxylic acids is 1. The Kier molecular flexibility index (Phi) is 5.53. The van der Waals surface area contributed by atoms with E-state index >= 15 is 0 Å². The van der Waals surface area contributed by atoms with Crippen molar-refractivity contribution in [3.8, 4) is 0 Å². The second-order valence-corrected chi connectivity index (χ2v) is 4.21. The third kappa shape index (κ3) is 4.47. The Balaban J connectivity index is 2.44. The fourth-order valence-corrected chi connectivity index (χ4v) is 1.82. The van der Waals surface area contributed by atoms with Gasteiger partial charge in [-0.15, -0.1) is 0 Å². The molecule has 0 radical (unpaired) electrons. The van der Waals surface area contributed by atoms with Crippen LogP contribution >= 0.6 is 0 Å². The number of nitrogens with two attached hydrogens (primary N) is 1. The Labute approximate surface area is 104 Å². The Bertz CT molecular complexity index is 346. The van der Waals surface area contributed by atoms with Crippen LogP contribution in [0.4, 0.5) is 5.69 Å². The maximum absolute atomic E-state index is 11.9. The van der Waals surface area contributed by atoms with Crippen molar-refractivity contribution in [2.45, 2.75) is 33.1 Å². The molecule has 0 bridgehead atoms. The van der Waals surface area contributed by atoms with E-state index in [1.807, 2.05) is 36.1 Å². The Morgan fingerprint density at radius 1 is 1.24 bits per heavy atom. The van der Waals surface area contributed by atoms with E-state index in [0.717, 1.165) is 31.6 Å². The zero-order chi connectivity index (χ0) is 12.7. The van der Waals surface area contributed by atoms with Crippen molar-refractivity contribution >= 4 is 11.6 Å². The number of amides is 1. The third-order valence-corrected chi connectivity index (χ3v) is 2.84. The molecule has 94 valence electrons. The summed E-state index contributed by atoms with van der Waals surface area (Å²) in [5, 5.41) is 0. The van der Waals surface area contributed by atoms with Gasteiger partial charge in [0.05, 0.1) is 0 Å². The number of nitrogens with zero attached hydrogens (tertiary/aromatic N) is 1. The van der Waals surface area contributed by atoms with Gasteiger partial charge in [0.1, 0.15) is 0 Å². The third-order valence-electron chi connectivity index (χ3n) is 2.84. The van der Waals surface area contributed by atoms with Crippen LogP contribution in [-0.2, 0) is 11.2 Å². The molecule has 1 rings (SSSR count). The average Bonchev–Trinajstić information content (AvgIpc) is 2.35. The van der Waals surface area contributed by atoms with Crippen LogP contribution in [-0.4, -0.2) is 23.9 Å². The maximum Gasteiger partial charge on any atom is 0.222 e. The van der Waals surface area contributed by atoms with E-state index in [1.165, 1.54) is 5.56 Å². The van der Waals surface area contributed by atoms with Gasteiger partial charge in [0.2, 0.25) is 5.91 Å². The standard InChI is InChI=1S/C14H22N2O/c1-3-11-16(4-2)14(17)10-7-12-5-8-13(15)9-6-12/h5-6,8-9H,3-4,7,10-11,15H2,1-2H3. The molecule has 0 saturated carbocycles. The molecular formula is C14H22N2O. The van der Waals surface area contributed by atoms with E-state index < -0.39 is 0 Å². The SMILES string of the molecule is CCCN(CC)C(=O)CCc1ccc(N)cc1. The molecule has 3 heteroatoms. The highest BCUT2D eigenvalue weighted by atomic mass is 16.2. The number of nitrogen functional groups attached to an aromatic ring is 1. The molecule has 0 spiro atoms. The van der Waals surface area contributed by atoms with Crippen molar-refractivity contribution in [3.05, 3.63) is 29.8 Å². The molecule has 2 N–H and O–H groups in total. The second-order valence-electron chi connectivity index (χ2n) is 4.21. The quantitative estimate of drug-likeness (QED) is 0.768. The van der Waals surface area contributed by atoms with Crippen molar-refractivity contribution < 1.29 is 4.79 Å². The number of aryl methyl sites for hydroxylation is 1. The number of hydrogen-bond acceptors (Lipinski definition) is 2. The summed E-state index contributed by atoms with van der Waals surface area (Å²) >= 11 is 0. The lowest BCUT2D eigenvalue weighted by molar-refractivity contribution is -0.131. The van der Waals surface area contributed by atoms with Gasteiger partial charge < -0.3 is 10.6 Å². The summed E-state index contributed by atoms with van der Waals surface area (Å²) in [5.74, 6) is 0.242. The number of anilines is 1. The molecule has 0 aliphatic rings. The van der Waals surface area contributed by atoms with Crippen molar-refractivity contribution in [3.63, 3.8) is 0 Å². The van der Waals surface area contributed by atoms with Gasteiger partial charge in [-0.2, -0.15) is 0 Å². The normalized spacial score (nSPS) is 10.2. The van der Waals surface area contributed by atoms with E-state index in [-0.39, 0.29) is 5.91 Å². The predicted octanol–water partition coefficient (Wildman–Crippen LogP) is 2.46. The van der Waals surface area contributed by atoms with Gasteiger partial charge in [0.15, 0.2) is 0 Å². The molecule has 1 aromatic carbocycles. The van der Waals surface area contributed by atoms with Crippen LogP contribution in [0.3, 0.4) is 0 Å². The van der Waals surface area contributed by atoms with Crippen molar-refractivity contribution in [1.82, 2.24) is 4.90 Å². The van der Waals surface area contributed by atoms with Gasteiger partial charge in [-0.3, -0.25) is 4.79 Å². The highest BCUT2D eigenvalue weighted by Crippen LogP contribution is 2.09.